The molecule has 2 aliphatic heterocycles. The minimum absolute atomic E-state index is 0. The predicted molar refractivity (Wildman–Crippen MR) is 309 cm³/mol. The van der Waals surface area contributed by atoms with Crippen molar-refractivity contribution in [3.8, 4) is 12.3 Å². The Morgan fingerprint density at radius 1 is 0.688 bits per heavy atom. The molecule has 0 aliphatic carbocycles. The average Bonchev–Trinajstić information content (AvgIpc) is 4.32. The summed E-state index contributed by atoms with van der Waals surface area (Å²) in [6, 6.07) is 18.4. The van der Waals surface area contributed by atoms with E-state index in [1.54, 1.807) is 9.36 Å². The smallest absolute Gasteiger partial charge is 0.248 e. The third-order valence-electron chi connectivity index (χ3n) is 14.8. The summed E-state index contributed by atoms with van der Waals surface area (Å²) in [5.74, 6) is 4.21. The molecule has 2 saturated heterocycles. The lowest BCUT2D eigenvalue weighted by atomic mass is 9.98. The average molecular weight is 1120 g/mol. The van der Waals surface area contributed by atoms with Crippen LogP contribution >= 0.6 is 12.4 Å². The van der Waals surface area contributed by atoms with Crippen molar-refractivity contribution in [2.24, 2.45) is 23.3 Å². The maximum atomic E-state index is 14.8. The van der Waals surface area contributed by atoms with Crippen molar-refractivity contribution in [1.29, 1.82) is 0 Å². The van der Waals surface area contributed by atoms with Gasteiger partial charge < -0.3 is 60.6 Å². The third kappa shape index (κ3) is 15.0. The topological polar surface area (TPSA) is 271 Å². The van der Waals surface area contributed by atoms with Crippen molar-refractivity contribution < 1.29 is 23.8 Å². The van der Waals surface area contributed by atoms with Gasteiger partial charge in [0.15, 0.2) is 0 Å². The Morgan fingerprint density at radius 2 is 1.18 bits per heavy atom. The fourth-order valence-corrected chi connectivity index (χ4v) is 10.1. The highest BCUT2D eigenvalue weighted by atomic mass is 35.5. The number of aromatic amines is 2. The molecule has 7 aromatic rings. The lowest BCUT2D eigenvalue weighted by Crippen LogP contribution is -2.52. The molecule has 0 bridgehead atoms. The van der Waals surface area contributed by atoms with E-state index in [0.717, 1.165) is 46.0 Å². The Morgan fingerprint density at radius 3 is 1.68 bits per heavy atom. The summed E-state index contributed by atoms with van der Waals surface area (Å²) in [4.78, 5) is 59.3. The highest BCUT2D eigenvalue weighted by molar-refractivity contribution is 5.85. The normalized spacial score (nSPS) is 15.9. The van der Waals surface area contributed by atoms with E-state index >= 15 is 0 Å². The van der Waals surface area contributed by atoms with Crippen molar-refractivity contribution in [3.05, 3.63) is 95.8 Å². The van der Waals surface area contributed by atoms with E-state index in [1.165, 1.54) is 0 Å². The highest BCUT2D eigenvalue weighted by Gasteiger charge is 2.35. The number of halogens is 1. The number of hydrogen-bond donors (Lipinski definition) is 5. The Bertz CT molecular complexity index is 3050. The number of fused-ring (bicyclic) bond motifs is 2. The number of hydrogen-bond acceptors (Lipinski definition) is 17. The number of benzene rings is 2. The first-order valence-corrected chi connectivity index (χ1v) is 27.7. The van der Waals surface area contributed by atoms with Crippen LogP contribution in [-0.4, -0.2) is 175 Å². The molecule has 7 N–H and O–H groups in total. The highest BCUT2D eigenvalue weighted by Crippen LogP contribution is 2.28. The van der Waals surface area contributed by atoms with Crippen molar-refractivity contribution in [2.45, 2.75) is 77.5 Å². The Hall–Kier alpha value is -7.20. The van der Waals surface area contributed by atoms with Crippen LogP contribution in [0.2, 0.25) is 0 Å². The van der Waals surface area contributed by atoms with Crippen LogP contribution in [0.5, 0.6) is 0 Å². The number of terminal acetylenes is 1. The fourth-order valence-electron chi connectivity index (χ4n) is 10.1. The molecular weight excluding hydrogens is 1040 g/mol. The second-order valence-electron chi connectivity index (χ2n) is 20.9. The van der Waals surface area contributed by atoms with Crippen LogP contribution in [0.15, 0.2) is 73.1 Å². The van der Waals surface area contributed by atoms with E-state index < -0.39 is 12.1 Å². The molecule has 2 aliphatic rings. The van der Waals surface area contributed by atoms with Gasteiger partial charge in [-0.2, -0.15) is 15.0 Å². The molecule has 24 heteroatoms. The SMILES string of the molecule is C#CCOCCOCCOCCNc1nc(N2CCN(C(=O)[C@@H](Cc3cc4ccccc4[nH]3)n3cc([C@@H](N)C(C)CC)nn3)CC2)nc(N2CCN(C(=O)[C@H](Cc3cc4ccccc4[nH]3)n3cc([C@@H](N)CC(C)C)nn3)CC2)n1.Cl. The van der Waals surface area contributed by atoms with Gasteiger partial charge in [0, 0.05) is 94.2 Å². The van der Waals surface area contributed by atoms with Gasteiger partial charge in [-0.05, 0) is 53.3 Å². The van der Waals surface area contributed by atoms with Gasteiger partial charge in [-0.25, -0.2) is 9.36 Å². The quantitative estimate of drug-likeness (QED) is 0.0339. The number of nitrogens with zero attached hydrogens (tertiary/aromatic N) is 13. The van der Waals surface area contributed by atoms with Crippen LogP contribution in [0.1, 0.15) is 87.5 Å². The van der Waals surface area contributed by atoms with Crippen LogP contribution in [0.25, 0.3) is 21.8 Å². The zero-order chi connectivity index (χ0) is 55.3. The van der Waals surface area contributed by atoms with Crippen molar-refractivity contribution in [3.63, 3.8) is 0 Å². The second-order valence-corrected chi connectivity index (χ2v) is 20.9. The summed E-state index contributed by atoms with van der Waals surface area (Å²) in [6.07, 6.45) is 11.3. The molecule has 0 saturated carbocycles. The molecule has 5 aromatic heterocycles. The van der Waals surface area contributed by atoms with Gasteiger partial charge >= 0.3 is 0 Å². The Balaban J connectivity index is 0.00000841. The number of carbonyl (C=O) groups is 2. The Labute approximate surface area is 473 Å². The summed E-state index contributed by atoms with van der Waals surface area (Å²) < 4.78 is 20.0. The third-order valence-corrected chi connectivity index (χ3v) is 14.8. The predicted octanol–water partition coefficient (Wildman–Crippen LogP) is 4.89. The number of carbonyl (C=O) groups excluding carboxylic acids is 2. The minimum atomic E-state index is -0.664. The summed E-state index contributed by atoms with van der Waals surface area (Å²) >= 11 is 0. The molecule has 1 unspecified atom stereocenters. The molecule has 80 heavy (non-hydrogen) atoms. The van der Waals surface area contributed by atoms with E-state index in [4.69, 9.17) is 47.1 Å². The number of ether oxygens (including phenoxy) is 3. The van der Waals surface area contributed by atoms with Gasteiger partial charge in [-0.3, -0.25) is 9.59 Å². The summed E-state index contributed by atoms with van der Waals surface area (Å²) in [6.45, 7) is 14.7. The van der Waals surface area contributed by atoms with Crippen LogP contribution in [-0.2, 0) is 36.6 Å². The number of aromatic nitrogens is 11. The Kier molecular flexibility index (Phi) is 20.8. The first-order valence-electron chi connectivity index (χ1n) is 27.7. The maximum Gasteiger partial charge on any atom is 0.248 e. The second kappa shape index (κ2) is 28.3. The van der Waals surface area contributed by atoms with Gasteiger partial charge in [-0.1, -0.05) is 86.9 Å². The number of rotatable bonds is 27. The van der Waals surface area contributed by atoms with Crippen LogP contribution in [0.3, 0.4) is 0 Å². The van der Waals surface area contributed by atoms with Crippen LogP contribution in [0, 0.1) is 24.2 Å². The number of para-hydroxylation sites is 2. The number of nitrogens with one attached hydrogen (secondary N) is 3. The summed E-state index contributed by atoms with van der Waals surface area (Å²) in [7, 11) is 0. The molecular formula is C56H77ClN18O5. The molecule has 2 fully saturated rings. The minimum Gasteiger partial charge on any atom is -0.377 e. The number of amides is 2. The summed E-state index contributed by atoms with van der Waals surface area (Å²) in [5, 5.41) is 23.4. The zero-order valence-electron chi connectivity index (χ0n) is 46.3. The summed E-state index contributed by atoms with van der Waals surface area (Å²) in [5.41, 5.74) is 18.3. The fraction of sp³-hybridized carbons (Fsp3) is 0.518. The molecule has 428 valence electrons. The molecule has 2 aromatic carbocycles. The first-order chi connectivity index (χ1) is 38.4. The van der Waals surface area contributed by atoms with E-state index in [0.29, 0.717) is 140 Å². The monoisotopic (exact) mass is 1120 g/mol. The number of H-pyrrole nitrogens is 2. The number of piperazine rings is 2. The van der Waals surface area contributed by atoms with Gasteiger partial charge in [0.2, 0.25) is 29.7 Å². The standard InChI is InChI=1S/C56H76N18O5.ClH/c1-6-25-77-27-29-79-30-28-78-26-16-59-54-62-55(71-21-17-69(18-22-71)52(75)49(34-42-32-40-12-8-10-14-45(40)60-42)73-36-47(65-67-73)44(57)31-38(3)4)64-56(63-54)72-23-19-70(20-24-72)53(76)50(35-43-33-41-13-9-11-15-46(41)61-43)74-37-48(66-68-74)51(58)39(5)7-2;/h1,8-15,32-33,36-39,44,49-51,60-61H,7,16-31,34-35,57-58H2,2-5H3,(H,59,62,63,64);1H/t39?,44-,49-,50+,51-;/m0./s1. The van der Waals surface area contributed by atoms with Crippen molar-refractivity contribution >= 4 is 63.9 Å². The van der Waals surface area contributed by atoms with Crippen molar-refractivity contribution in [2.75, 3.05) is 114 Å². The van der Waals surface area contributed by atoms with Crippen molar-refractivity contribution in [1.82, 2.24) is 64.7 Å². The molecule has 0 spiro atoms. The molecule has 5 atom stereocenters. The van der Waals surface area contributed by atoms with Gasteiger partial charge in [-0.15, -0.1) is 29.0 Å². The van der Waals surface area contributed by atoms with E-state index in [9.17, 15) is 9.59 Å². The molecule has 9 rings (SSSR count). The van der Waals surface area contributed by atoms with Gasteiger partial charge in [0.1, 0.15) is 18.7 Å². The molecule has 7 heterocycles. The number of nitrogens with two attached hydrogens (primary N) is 2. The zero-order valence-corrected chi connectivity index (χ0v) is 47.1. The number of anilines is 3. The largest absolute Gasteiger partial charge is 0.377 e. The van der Waals surface area contributed by atoms with Gasteiger partial charge in [0.25, 0.3) is 0 Å². The maximum absolute atomic E-state index is 14.8. The molecule has 0 radical (unpaired) electrons. The molecule has 2 amide bonds. The lowest BCUT2D eigenvalue weighted by Gasteiger charge is -2.38. The van der Waals surface area contributed by atoms with E-state index in [1.807, 2.05) is 58.6 Å². The first kappa shape index (κ1) is 58.9. The van der Waals surface area contributed by atoms with E-state index in [-0.39, 0.29) is 48.8 Å². The van der Waals surface area contributed by atoms with E-state index in [2.05, 4.69) is 104 Å². The van der Waals surface area contributed by atoms with Gasteiger partial charge in [0.05, 0.1) is 68.9 Å². The van der Waals surface area contributed by atoms with Crippen LogP contribution in [0.4, 0.5) is 17.8 Å². The van der Waals surface area contributed by atoms with Crippen LogP contribution < -0.4 is 26.6 Å². The lowest BCUT2D eigenvalue weighted by molar-refractivity contribution is -0.136. The molecule has 23 nitrogen and oxygen atoms in total.